The van der Waals surface area contributed by atoms with E-state index < -0.39 is 24.2 Å². The normalized spacial score (nSPS) is 11.7. The zero-order chi connectivity index (χ0) is 21.2. The maximum absolute atomic E-state index is 14.6. The van der Waals surface area contributed by atoms with Crippen LogP contribution in [-0.4, -0.2) is 37.9 Å². The van der Waals surface area contributed by atoms with Gasteiger partial charge in [0.2, 0.25) is 0 Å². The first-order chi connectivity index (χ1) is 13.7. The maximum Gasteiger partial charge on any atom is 0.422 e. The number of aryl methyl sites for hydroxylation is 1. The molecule has 0 aliphatic heterocycles. The summed E-state index contributed by atoms with van der Waals surface area (Å²) in [4.78, 5) is 17.2. The van der Waals surface area contributed by atoms with Crippen LogP contribution in [0.4, 0.5) is 17.6 Å². The second kappa shape index (κ2) is 8.27. The zero-order valence-electron chi connectivity index (χ0n) is 15.4. The molecule has 0 saturated heterocycles. The van der Waals surface area contributed by atoms with Gasteiger partial charge in [0, 0.05) is 25.4 Å². The molecule has 154 valence electrons. The van der Waals surface area contributed by atoms with Crippen LogP contribution in [0, 0.1) is 5.82 Å². The Hall–Kier alpha value is -2.82. The smallest absolute Gasteiger partial charge is 0.422 e. The highest BCUT2D eigenvalue weighted by molar-refractivity contribution is 7.99. The van der Waals surface area contributed by atoms with Crippen molar-refractivity contribution < 1.29 is 22.3 Å². The Morgan fingerprint density at radius 2 is 1.97 bits per heavy atom. The molecule has 0 aliphatic carbocycles. The molecular formula is C18H16F4N4O2S. The average Bonchev–Trinajstić information content (AvgIpc) is 3.06. The summed E-state index contributed by atoms with van der Waals surface area (Å²) in [5.74, 6) is -0.629. The number of halogens is 4. The number of alkyl halides is 3. The molecule has 0 bridgehead atoms. The molecule has 29 heavy (non-hydrogen) atoms. The summed E-state index contributed by atoms with van der Waals surface area (Å²) in [7, 11) is 1.70. The lowest BCUT2D eigenvalue weighted by molar-refractivity contribution is -0.153. The Kier molecular flexibility index (Phi) is 5.96. The quantitative estimate of drug-likeness (QED) is 0.339. The molecule has 0 atom stereocenters. The van der Waals surface area contributed by atoms with E-state index in [1.807, 2.05) is 6.92 Å². The lowest BCUT2D eigenvalue weighted by atomic mass is 10.2. The number of rotatable bonds is 6. The summed E-state index contributed by atoms with van der Waals surface area (Å²) < 4.78 is 58.6. The van der Waals surface area contributed by atoms with Crippen LogP contribution >= 0.6 is 11.8 Å². The Labute approximate surface area is 167 Å². The highest BCUT2D eigenvalue weighted by atomic mass is 32.2. The number of nitrogens with zero attached hydrogens (tertiary/aromatic N) is 4. The van der Waals surface area contributed by atoms with Gasteiger partial charge < -0.3 is 4.74 Å². The van der Waals surface area contributed by atoms with Crippen molar-refractivity contribution in [2.45, 2.75) is 18.3 Å². The molecule has 3 aromatic rings. The minimum Gasteiger partial charge on any atom is -0.484 e. The number of benzene rings is 1. The number of hydrogen-bond donors (Lipinski definition) is 0. The number of thioether (sulfide) groups is 1. The molecule has 0 radical (unpaired) electrons. The van der Waals surface area contributed by atoms with Gasteiger partial charge in [-0.15, -0.1) is 0 Å². The fourth-order valence-electron chi connectivity index (χ4n) is 2.59. The molecular weight excluding hydrogens is 412 g/mol. The first kappa shape index (κ1) is 20.9. The molecule has 6 nitrogen and oxygen atoms in total. The van der Waals surface area contributed by atoms with Gasteiger partial charge >= 0.3 is 6.18 Å². The standard InChI is InChI=1S/C18H16F4N4O2S/c1-3-29-17-24-13(15-6-7-23-25(15)2)9-16(27)26(17)14-5-4-11(8-12(14)19)28-10-18(20,21)22/h4-9H,3,10H2,1-2H3. The molecule has 0 aliphatic rings. The van der Waals surface area contributed by atoms with Crippen LogP contribution in [0.25, 0.3) is 17.1 Å². The predicted molar refractivity (Wildman–Crippen MR) is 99.9 cm³/mol. The number of ether oxygens (including phenoxy) is 1. The van der Waals surface area contributed by atoms with Crippen LogP contribution in [0.5, 0.6) is 5.75 Å². The van der Waals surface area contributed by atoms with Crippen molar-refractivity contribution in [3.8, 4) is 22.8 Å². The summed E-state index contributed by atoms with van der Waals surface area (Å²) in [6.45, 7) is 0.311. The third-order valence-electron chi connectivity index (χ3n) is 3.81. The van der Waals surface area contributed by atoms with Gasteiger partial charge in [-0.1, -0.05) is 18.7 Å². The molecule has 2 heterocycles. The van der Waals surface area contributed by atoms with Gasteiger partial charge in [-0.2, -0.15) is 18.3 Å². The summed E-state index contributed by atoms with van der Waals surface area (Å²) in [5.41, 5.74) is 0.334. The van der Waals surface area contributed by atoms with Gasteiger partial charge in [-0.3, -0.25) is 14.0 Å². The molecule has 0 fully saturated rings. The SMILES string of the molecule is CCSc1nc(-c2ccnn2C)cc(=O)n1-c1ccc(OCC(F)(F)F)cc1F. The van der Waals surface area contributed by atoms with Crippen molar-refractivity contribution in [2.24, 2.45) is 7.05 Å². The molecule has 3 rings (SSSR count). The van der Waals surface area contributed by atoms with Gasteiger partial charge in [-0.25, -0.2) is 9.37 Å². The molecule has 1 aromatic carbocycles. The predicted octanol–water partition coefficient (Wildman–Crippen LogP) is 3.83. The molecule has 0 spiro atoms. The van der Waals surface area contributed by atoms with Crippen molar-refractivity contribution in [1.82, 2.24) is 19.3 Å². The molecule has 2 aromatic heterocycles. The van der Waals surface area contributed by atoms with Crippen LogP contribution < -0.4 is 10.3 Å². The van der Waals surface area contributed by atoms with Crippen LogP contribution in [-0.2, 0) is 7.05 Å². The van der Waals surface area contributed by atoms with Crippen molar-refractivity contribution in [3.05, 3.63) is 52.7 Å². The van der Waals surface area contributed by atoms with Crippen LogP contribution in [0.3, 0.4) is 0 Å². The monoisotopic (exact) mass is 428 g/mol. The van der Waals surface area contributed by atoms with Crippen LogP contribution in [0.1, 0.15) is 6.92 Å². The topological polar surface area (TPSA) is 61.9 Å². The minimum absolute atomic E-state index is 0.130. The van der Waals surface area contributed by atoms with Crippen molar-refractivity contribution in [2.75, 3.05) is 12.4 Å². The summed E-state index contributed by atoms with van der Waals surface area (Å²) >= 11 is 1.23. The van der Waals surface area contributed by atoms with E-state index in [2.05, 4.69) is 14.8 Å². The summed E-state index contributed by atoms with van der Waals surface area (Å²) in [5, 5.41) is 4.29. The summed E-state index contributed by atoms with van der Waals surface area (Å²) in [6.07, 6.45) is -2.98. The molecule has 0 N–H and O–H groups in total. The first-order valence-electron chi connectivity index (χ1n) is 8.44. The number of hydrogen-bond acceptors (Lipinski definition) is 5. The largest absolute Gasteiger partial charge is 0.484 e. The number of aromatic nitrogens is 4. The molecule has 0 unspecified atom stereocenters. The van der Waals surface area contributed by atoms with Gasteiger partial charge in [0.15, 0.2) is 17.6 Å². The highest BCUT2D eigenvalue weighted by Crippen LogP contribution is 2.26. The van der Waals surface area contributed by atoms with Crippen molar-refractivity contribution in [1.29, 1.82) is 0 Å². The Bertz CT molecular complexity index is 1080. The molecule has 0 saturated carbocycles. The van der Waals surface area contributed by atoms with Gasteiger partial charge in [0.1, 0.15) is 5.75 Å². The van der Waals surface area contributed by atoms with E-state index in [1.165, 1.54) is 30.0 Å². The minimum atomic E-state index is -4.54. The highest BCUT2D eigenvalue weighted by Gasteiger charge is 2.28. The van der Waals surface area contributed by atoms with Gasteiger partial charge in [0.25, 0.3) is 5.56 Å². The lowest BCUT2D eigenvalue weighted by Gasteiger charge is -2.15. The third kappa shape index (κ3) is 4.78. The maximum atomic E-state index is 14.6. The fraction of sp³-hybridized carbons (Fsp3) is 0.278. The van der Waals surface area contributed by atoms with Crippen LogP contribution in [0.15, 0.2) is 46.5 Å². The second-order valence-corrected chi connectivity index (χ2v) is 7.12. The van der Waals surface area contributed by atoms with Crippen LogP contribution in [0.2, 0.25) is 0 Å². The van der Waals surface area contributed by atoms with E-state index in [1.54, 1.807) is 24.0 Å². The van der Waals surface area contributed by atoms with E-state index in [-0.39, 0.29) is 16.6 Å². The van der Waals surface area contributed by atoms with Crippen molar-refractivity contribution in [3.63, 3.8) is 0 Å². The molecule has 11 heteroatoms. The Balaban J connectivity index is 2.04. The van der Waals surface area contributed by atoms with Gasteiger partial charge in [-0.05, 0) is 24.0 Å². The van der Waals surface area contributed by atoms with Gasteiger partial charge in [0.05, 0.1) is 17.1 Å². The first-order valence-corrected chi connectivity index (χ1v) is 9.43. The van der Waals surface area contributed by atoms with Crippen molar-refractivity contribution >= 4 is 11.8 Å². The summed E-state index contributed by atoms with van der Waals surface area (Å²) in [6, 6.07) is 6.12. The Morgan fingerprint density at radius 3 is 2.55 bits per heavy atom. The average molecular weight is 428 g/mol. The van der Waals surface area contributed by atoms with E-state index >= 15 is 0 Å². The van der Waals surface area contributed by atoms with E-state index in [0.29, 0.717) is 17.1 Å². The second-order valence-electron chi connectivity index (χ2n) is 5.89. The molecule has 0 amide bonds. The lowest BCUT2D eigenvalue weighted by Crippen LogP contribution is -2.23. The third-order valence-corrected chi connectivity index (χ3v) is 4.63. The van der Waals surface area contributed by atoms with E-state index in [9.17, 15) is 22.4 Å². The van der Waals surface area contributed by atoms with E-state index in [4.69, 9.17) is 0 Å². The zero-order valence-corrected chi connectivity index (χ0v) is 16.2. The van der Waals surface area contributed by atoms with E-state index in [0.717, 1.165) is 10.6 Å². The fourth-order valence-corrected chi connectivity index (χ4v) is 3.33. The Morgan fingerprint density at radius 1 is 1.21 bits per heavy atom.